The highest BCUT2D eigenvalue weighted by Gasteiger charge is 2.36. The molecule has 0 aromatic heterocycles. The topological polar surface area (TPSA) is 38.8 Å². The van der Waals surface area contributed by atoms with E-state index in [4.69, 9.17) is 9.47 Å². The Balaban J connectivity index is 1.66. The average Bonchev–Trinajstić information content (AvgIpc) is 3.09. The Morgan fingerprint density at radius 2 is 1.79 bits per heavy atom. The molecule has 132 valence electrons. The van der Waals surface area contributed by atoms with Gasteiger partial charge in [-0.3, -0.25) is 4.79 Å². The Morgan fingerprint density at radius 3 is 2.42 bits per heavy atom. The molecule has 2 fully saturated rings. The molecule has 3 rings (SSSR count). The minimum Gasteiger partial charge on any atom is -0.348 e. The molecule has 0 saturated carbocycles. The van der Waals surface area contributed by atoms with Crippen LogP contribution in [0, 0.1) is 0 Å². The van der Waals surface area contributed by atoms with E-state index >= 15 is 0 Å². The molecule has 1 unspecified atom stereocenters. The summed E-state index contributed by atoms with van der Waals surface area (Å²) in [5, 5.41) is 0. The number of hydrogen-bond donors (Lipinski definition) is 0. The Bertz CT molecular complexity index is 567. The standard InChI is InChI=1S/C17H20F3NO3/c18-17(19,20)13-6-4-12(5-7-13)11-15(22)21-8-2-1-3-14(21)16-23-9-10-24-16/h4-7,14,16H,1-3,8-11H2. The number of carbonyl (C=O) groups excluding carboxylic acids is 1. The molecule has 2 aliphatic rings. The van der Waals surface area contributed by atoms with E-state index in [1.54, 1.807) is 4.90 Å². The summed E-state index contributed by atoms with van der Waals surface area (Å²) in [6, 6.07) is 4.65. The summed E-state index contributed by atoms with van der Waals surface area (Å²) in [6.45, 7) is 1.69. The van der Waals surface area contributed by atoms with Crippen LogP contribution in [-0.2, 0) is 26.9 Å². The summed E-state index contributed by atoms with van der Waals surface area (Å²) in [5.41, 5.74) is -0.132. The zero-order valence-corrected chi connectivity index (χ0v) is 13.2. The highest BCUT2D eigenvalue weighted by Crippen LogP contribution is 2.29. The second-order valence-corrected chi connectivity index (χ2v) is 6.13. The van der Waals surface area contributed by atoms with E-state index in [9.17, 15) is 18.0 Å². The Hall–Kier alpha value is -1.60. The minimum atomic E-state index is -4.36. The number of ether oxygens (including phenoxy) is 2. The first-order valence-corrected chi connectivity index (χ1v) is 8.14. The molecule has 0 bridgehead atoms. The molecule has 1 aromatic rings. The van der Waals surface area contributed by atoms with E-state index in [0.29, 0.717) is 25.3 Å². The fraction of sp³-hybridized carbons (Fsp3) is 0.588. The number of hydrogen-bond acceptors (Lipinski definition) is 3. The molecule has 1 atom stereocenters. The fourth-order valence-electron chi connectivity index (χ4n) is 3.24. The fourth-order valence-corrected chi connectivity index (χ4v) is 3.24. The lowest BCUT2D eigenvalue weighted by atomic mass is 10.00. The first-order valence-electron chi connectivity index (χ1n) is 8.14. The zero-order valence-electron chi connectivity index (χ0n) is 13.2. The van der Waals surface area contributed by atoms with Crippen LogP contribution >= 0.6 is 0 Å². The molecular weight excluding hydrogens is 323 g/mol. The zero-order chi connectivity index (χ0) is 17.2. The summed E-state index contributed by atoms with van der Waals surface area (Å²) in [5.74, 6) is -0.0986. The maximum Gasteiger partial charge on any atom is 0.416 e. The molecule has 2 heterocycles. The Kier molecular flexibility index (Phi) is 5.10. The van der Waals surface area contributed by atoms with Crippen molar-refractivity contribution < 1.29 is 27.4 Å². The molecule has 0 aliphatic carbocycles. The van der Waals surface area contributed by atoms with Crippen LogP contribution in [0.4, 0.5) is 13.2 Å². The summed E-state index contributed by atoms with van der Waals surface area (Å²) in [4.78, 5) is 14.4. The van der Waals surface area contributed by atoms with Gasteiger partial charge in [-0.2, -0.15) is 13.2 Å². The molecule has 0 radical (unpaired) electrons. The van der Waals surface area contributed by atoms with Crippen LogP contribution in [0.15, 0.2) is 24.3 Å². The van der Waals surface area contributed by atoms with E-state index in [0.717, 1.165) is 31.4 Å². The number of nitrogens with zero attached hydrogens (tertiary/aromatic N) is 1. The van der Waals surface area contributed by atoms with E-state index < -0.39 is 11.7 Å². The molecule has 1 amide bonds. The van der Waals surface area contributed by atoms with Crippen molar-refractivity contribution >= 4 is 5.91 Å². The van der Waals surface area contributed by atoms with Crippen molar-refractivity contribution in [3.63, 3.8) is 0 Å². The van der Waals surface area contributed by atoms with Crippen molar-refractivity contribution in [2.45, 2.75) is 44.2 Å². The third-order valence-electron chi connectivity index (χ3n) is 4.47. The Labute approximate surface area is 138 Å². The number of alkyl halides is 3. The number of carbonyl (C=O) groups is 1. The van der Waals surface area contributed by atoms with Gasteiger partial charge in [-0.15, -0.1) is 0 Å². The van der Waals surface area contributed by atoms with Gasteiger partial charge in [-0.05, 0) is 37.0 Å². The van der Waals surface area contributed by atoms with Gasteiger partial charge < -0.3 is 14.4 Å². The first-order chi connectivity index (χ1) is 11.4. The van der Waals surface area contributed by atoms with Gasteiger partial charge in [-0.25, -0.2) is 0 Å². The van der Waals surface area contributed by atoms with Gasteiger partial charge in [0.1, 0.15) is 0 Å². The highest BCUT2D eigenvalue weighted by atomic mass is 19.4. The van der Waals surface area contributed by atoms with Crippen molar-refractivity contribution in [2.24, 2.45) is 0 Å². The van der Waals surface area contributed by atoms with Gasteiger partial charge in [-0.1, -0.05) is 12.1 Å². The molecule has 24 heavy (non-hydrogen) atoms. The SMILES string of the molecule is O=C(Cc1ccc(C(F)(F)F)cc1)N1CCCCC1C1OCCO1. The normalized spacial score (nSPS) is 22.8. The lowest BCUT2D eigenvalue weighted by molar-refractivity contribution is -0.149. The summed E-state index contributed by atoms with van der Waals surface area (Å²) < 4.78 is 48.9. The summed E-state index contributed by atoms with van der Waals surface area (Å²) in [6.07, 6.45) is -1.91. The number of benzene rings is 1. The van der Waals surface area contributed by atoms with Crippen molar-refractivity contribution in [2.75, 3.05) is 19.8 Å². The van der Waals surface area contributed by atoms with Gasteiger partial charge >= 0.3 is 6.18 Å². The van der Waals surface area contributed by atoms with Crippen LogP contribution in [0.5, 0.6) is 0 Å². The molecule has 0 N–H and O–H groups in total. The van der Waals surface area contributed by atoms with E-state index in [2.05, 4.69) is 0 Å². The smallest absolute Gasteiger partial charge is 0.348 e. The molecule has 2 saturated heterocycles. The first kappa shape index (κ1) is 17.2. The van der Waals surface area contributed by atoms with Crippen LogP contribution in [0.3, 0.4) is 0 Å². The van der Waals surface area contributed by atoms with Crippen molar-refractivity contribution in [1.29, 1.82) is 0 Å². The number of piperidine rings is 1. The highest BCUT2D eigenvalue weighted by molar-refractivity contribution is 5.79. The third kappa shape index (κ3) is 3.89. The monoisotopic (exact) mass is 343 g/mol. The van der Waals surface area contributed by atoms with Crippen molar-refractivity contribution in [3.05, 3.63) is 35.4 Å². The second kappa shape index (κ2) is 7.11. The van der Waals surface area contributed by atoms with E-state index in [1.165, 1.54) is 12.1 Å². The van der Waals surface area contributed by atoms with Crippen LogP contribution in [0.2, 0.25) is 0 Å². The predicted octanol–water partition coefficient (Wildman–Crippen LogP) is 3.00. The molecule has 1 aromatic carbocycles. The lowest BCUT2D eigenvalue weighted by Gasteiger charge is -2.38. The van der Waals surface area contributed by atoms with Crippen molar-refractivity contribution in [1.82, 2.24) is 4.90 Å². The number of amides is 1. The summed E-state index contributed by atoms with van der Waals surface area (Å²) in [7, 11) is 0. The van der Waals surface area contributed by atoms with Gasteiger partial charge in [0.15, 0.2) is 6.29 Å². The van der Waals surface area contributed by atoms with E-state index in [-0.39, 0.29) is 24.7 Å². The van der Waals surface area contributed by atoms with Crippen LogP contribution < -0.4 is 0 Å². The maximum absolute atomic E-state index is 12.6. The average molecular weight is 343 g/mol. The second-order valence-electron chi connectivity index (χ2n) is 6.13. The third-order valence-corrected chi connectivity index (χ3v) is 4.47. The van der Waals surface area contributed by atoms with Gasteiger partial charge in [0.25, 0.3) is 0 Å². The molecule has 0 spiro atoms. The number of halogens is 3. The van der Waals surface area contributed by atoms with Crippen LogP contribution in [0.1, 0.15) is 30.4 Å². The van der Waals surface area contributed by atoms with Crippen LogP contribution in [-0.4, -0.2) is 42.9 Å². The maximum atomic E-state index is 12.6. The quantitative estimate of drug-likeness (QED) is 0.847. The molecule has 2 aliphatic heterocycles. The lowest BCUT2D eigenvalue weighted by Crippen LogP contribution is -2.50. The number of rotatable bonds is 3. The Morgan fingerprint density at radius 1 is 1.12 bits per heavy atom. The predicted molar refractivity (Wildman–Crippen MR) is 80.2 cm³/mol. The molecular formula is C17H20F3NO3. The van der Waals surface area contributed by atoms with Crippen molar-refractivity contribution in [3.8, 4) is 0 Å². The van der Waals surface area contributed by atoms with Gasteiger partial charge in [0.05, 0.1) is 31.2 Å². The van der Waals surface area contributed by atoms with Crippen LogP contribution in [0.25, 0.3) is 0 Å². The largest absolute Gasteiger partial charge is 0.416 e. The molecule has 4 nitrogen and oxygen atoms in total. The van der Waals surface area contributed by atoms with Gasteiger partial charge in [0, 0.05) is 6.54 Å². The van der Waals surface area contributed by atoms with E-state index in [1.807, 2.05) is 0 Å². The number of likely N-dealkylation sites (tertiary alicyclic amines) is 1. The molecule has 7 heteroatoms. The minimum absolute atomic E-state index is 0.0847. The van der Waals surface area contributed by atoms with Gasteiger partial charge in [0.2, 0.25) is 5.91 Å². The summed E-state index contributed by atoms with van der Waals surface area (Å²) >= 11 is 0.